The second kappa shape index (κ2) is 5.47. The maximum atomic E-state index is 9.85. The SMILES string of the molecule is CNc1cccc(CN2CCC(C)C(O)C2)n1. The van der Waals surface area contributed by atoms with Gasteiger partial charge in [-0.05, 0) is 31.0 Å². The number of hydrogen-bond donors (Lipinski definition) is 2. The van der Waals surface area contributed by atoms with E-state index in [1.165, 1.54) is 0 Å². The molecule has 94 valence electrons. The third-order valence-corrected chi connectivity index (χ3v) is 3.45. The maximum absolute atomic E-state index is 9.85. The molecule has 1 saturated heterocycles. The molecule has 0 spiro atoms. The lowest BCUT2D eigenvalue weighted by atomic mass is 9.96. The van der Waals surface area contributed by atoms with Gasteiger partial charge in [0.2, 0.25) is 0 Å². The first-order valence-corrected chi connectivity index (χ1v) is 6.23. The number of piperidine rings is 1. The van der Waals surface area contributed by atoms with E-state index in [0.29, 0.717) is 5.92 Å². The monoisotopic (exact) mass is 235 g/mol. The van der Waals surface area contributed by atoms with Gasteiger partial charge >= 0.3 is 0 Å². The molecule has 1 aliphatic rings. The number of rotatable bonds is 3. The van der Waals surface area contributed by atoms with Crippen LogP contribution in [0.3, 0.4) is 0 Å². The quantitative estimate of drug-likeness (QED) is 0.829. The standard InChI is InChI=1S/C13H21N3O/c1-10-6-7-16(9-12(10)17)8-11-4-3-5-13(14-2)15-11/h3-5,10,12,17H,6-9H2,1-2H3,(H,14,15). The normalized spacial score (nSPS) is 25.8. The minimum Gasteiger partial charge on any atom is -0.392 e. The van der Waals surface area contributed by atoms with E-state index in [9.17, 15) is 5.11 Å². The zero-order valence-electron chi connectivity index (χ0n) is 10.6. The minimum atomic E-state index is -0.198. The number of aromatic nitrogens is 1. The van der Waals surface area contributed by atoms with Gasteiger partial charge in [-0.2, -0.15) is 0 Å². The Hall–Kier alpha value is -1.13. The van der Waals surface area contributed by atoms with Crippen molar-refractivity contribution in [1.29, 1.82) is 0 Å². The molecule has 2 rings (SSSR count). The number of aliphatic hydroxyl groups is 1. The number of nitrogens with one attached hydrogen (secondary N) is 1. The molecule has 0 amide bonds. The number of β-amino-alcohol motifs (C(OH)–C–C–N with tert-alkyl or cyclic N) is 1. The van der Waals surface area contributed by atoms with Crippen LogP contribution in [0.15, 0.2) is 18.2 Å². The van der Waals surface area contributed by atoms with Gasteiger partial charge < -0.3 is 10.4 Å². The van der Waals surface area contributed by atoms with E-state index in [0.717, 1.165) is 37.6 Å². The Labute approximate surface area is 103 Å². The molecular weight excluding hydrogens is 214 g/mol. The van der Waals surface area contributed by atoms with E-state index in [-0.39, 0.29) is 6.10 Å². The molecule has 1 aliphatic heterocycles. The highest BCUT2D eigenvalue weighted by Gasteiger charge is 2.24. The molecular formula is C13H21N3O. The zero-order valence-corrected chi connectivity index (χ0v) is 10.6. The molecule has 0 aromatic carbocycles. The minimum absolute atomic E-state index is 0.198. The van der Waals surface area contributed by atoms with E-state index in [1.54, 1.807) is 0 Å². The fourth-order valence-corrected chi connectivity index (χ4v) is 2.19. The van der Waals surface area contributed by atoms with Crippen LogP contribution in [0.25, 0.3) is 0 Å². The molecule has 4 nitrogen and oxygen atoms in total. The average Bonchev–Trinajstić information content (AvgIpc) is 2.34. The summed E-state index contributed by atoms with van der Waals surface area (Å²) in [6, 6.07) is 6.00. The largest absolute Gasteiger partial charge is 0.392 e. The molecule has 2 atom stereocenters. The highest BCUT2D eigenvalue weighted by atomic mass is 16.3. The summed E-state index contributed by atoms with van der Waals surface area (Å²) >= 11 is 0. The van der Waals surface area contributed by atoms with Crippen molar-refractivity contribution in [3.05, 3.63) is 23.9 Å². The Morgan fingerprint density at radius 3 is 3.06 bits per heavy atom. The summed E-state index contributed by atoms with van der Waals surface area (Å²) in [4.78, 5) is 6.77. The van der Waals surface area contributed by atoms with Gasteiger partial charge in [0.05, 0.1) is 11.8 Å². The molecule has 17 heavy (non-hydrogen) atoms. The van der Waals surface area contributed by atoms with Crippen LogP contribution in [0.1, 0.15) is 19.0 Å². The average molecular weight is 235 g/mol. The van der Waals surface area contributed by atoms with Crippen molar-refractivity contribution in [2.45, 2.75) is 26.0 Å². The molecule has 4 heteroatoms. The van der Waals surface area contributed by atoms with Crippen molar-refractivity contribution in [3.63, 3.8) is 0 Å². The smallest absolute Gasteiger partial charge is 0.126 e. The molecule has 0 saturated carbocycles. The Morgan fingerprint density at radius 2 is 2.35 bits per heavy atom. The highest BCUT2D eigenvalue weighted by Crippen LogP contribution is 2.18. The van der Waals surface area contributed by atoms with Gasteiger partial charge in [-0.3, -0.25) is 4.90 Å². The van der Waals surface area contributed by atoms with E-state index in [2.05, 4.69) is 22.1 Å². The molecule has 1 fully saturated rings. The summed E-state index contributed by atoms with van der Waals surface area (Å²) in [6.45, 7) is 4.73. The van der Waals surface area contributed by atoms with E-state index in [1.807, 2.05) is 25.2 Å². The summed E-state index contributed by atoms with van der Waals surface area (Å²) in [5, 5.41) is 12.9. The van der Waals surface area contributed by atoms with Crippen LogP contribution in [0.2, 0.25) is 0 Å². The van der Waals surface area contributed by atoms with Crippen molar-refractivity contribution >= 4 is 5.82 Å². The first-order chi connectivity index (χ1) is 8.19. The van der Waals surface area contributed by atoms with Gasteiger partial charge in [-0.15, -0.1) is 0 Å². The molecule has 2 heterocycles. The van der Waals surface area contributed by atoms with Gasteiger partial charge in [0.15, 0.2) is 0 Å². The molecule has 1 aromatic heterocycles. The van der Waals surface area contributed by atoms with Crippen molar-refractivity contribution in [2.75, 3.05) is 25.5 Å². The predicted molar refractivity (Wildman–Crippen MR) is 68.8 cm³/mol. The van der Waals surface area contributed by atoms with Crippen molar-refractivity contribution in [2.24, 2.45) is 5.92 Å². The number of pyridine rings is 1. The van der Waals surface area contributed by atoms with Gasteiger partial charge in [0, 0.05) is 20.1 Å². The number of nitrogens with zero attached hydrogens (tertiary/aromatic N) is 2. The molecule has 2 unspecified atom stereocenters. The van der Waals surface area contributed by atoms with Crippen LogP contribution in [-0.4, -0.2) is 41.2 Å². The third-order valence-electron chi connectivity index (χ3n) is 3.45. The number of anilines is 1. The van der Waals surface area contributed by atoms with Crippen LogP contribution in [-0.2, 0) is 6.54 Å². The Balaban J connectivity index is 1.96. The van der Waals surface area contributed by atoms with Gasteiger partial charge in [-0.1, -0.05) is 13.0 Å². The second-order valence-electron chi connectivity index (χ2n) is 4.83. The lowest BCUT2D eigenvalue weighted by Crippen LogP contribution is -2.42. The zero-order chi connectivity index (χ0) is 12.3. The van der Waals surface area contributed by atoms with Crippen molar-refractivity contribution in [1.82, 2.24) is 9.88 Å². The first kappa shape index (κ1) is 12.3. The number of hydrogen-bond acceptors (Lipinski definition) is 4. The Kier molecular flexibility index (Phi) is 3.97. The summed E-state index contributed by atoms with van der Waals surface area (Å²) in [5.74, 6) is 1.32. The summed E-state index contributed by atoms with van der Waals surface area (Å²) in [7, 11) is 1.87. The highest BCUT2D eigenvalue weighted by molar-refractivity contribution is 5.34. The van der Waals surface area contributed by atoms with E-state index >= 15 is 0 Å². The summed E-state index contributed by atoms with van der Waals surface area (Å²) in [5.41, 5.74) is 1.05. The fourth-order valence-electron chi connectivity index (χ4n) is 2.19. The lowest BCUT2D eigenvalue weighted by Gasteiger charge is -2.34. The first-order valence-electron chi connectivity index (χ1n) is 6.23. The van der Waals surface area contributed by atoms with Gasteiger partial charge in [0.1, 0.15) is 5.82 Å². The van der Waals surface area contributed by atoms with Gasteiger partial charge in [-0.25, -0.2) is 4.98 Å². The maximum Gasteiger partial charge on any atom is 0.126 e. The summed E-state index contributed by atoms with van der Waals surface area (Å²) < 4.78 is 0. The van der Waals surface area contributed by atoms with Crippen LogP contribution >= 0.6 is 0 Å². The topological polar surface area (TPSA) is 48.4 Å². The van der Waals surface area contributed by atoms with Crippen LogP contribution < -0.4 is 5.32 Å². The molecule has 0 radical (unpaired) electrons. The Bertz CT molecular complexity index is 369. The van der Waals surface area contributed by atoms with E-state index in [4.69, 9.17) is 0 Å². The molecule has 0 aliphatic carbocycles. The number of aliphatic hydroxyl groups excluding tert-OH is 1. The lowest BCUT2D eigenvalue weighted by molar-refractivity contribution is 0.0254. The molecule has 2 N–H and O–H groups in total. The number of likely N-dealkylation sites (tertiary alicyclic amines) is 1. The second-order valence-corrected chi connectivity index (χ2v) is 4.83. The van der Waals surface area contributed by atoms with E-state index < -0.39 is 0 Å². The van der Waals surface area contributed by atoms with Gasteiger partial charge in [0.25, 0.3) is 0 Å². The predicted octanol–water partition coefficient (Wildman–Crippen LogP) is 1.33. The fraction of sp³-hybridized carbons (Fsp3) is 0.615. The third kappa shape index (κ3) is 3.17. The van der Waals surface area contributed by atoms with Crippen molar-refractivity contribution in [3.8, 4) is 0 Å². The van der Waals surface area contributed by atoms with Crippen LogP contribution in [0.4, 0.5) is 5.82 Å². The van der Waals surface area contributed by atoms with Crippen LogP contribution in [0.5, 0.6) is 0 Å². The summed E-state index contributed by atoms with van der Waals surface area (Å²) in [6.07, 6.45) is 0.864. The van der Waals surface area contributed by atoms with Crippen LogP contribution in [0, 0.1) is 5.92 Å². The Morgan fingerprint density at radius 1 is 1.53 bits per heavy atom. The molecule has 0 bridgehead atoms. The van der Waals surface area contributed by atoms with Crippen molar-refractivity contribution < 1.29 is 5.11 Å². The molecule has 1 aromatic rings.